The lowest BCUT2D eigenvalue weighted by Crippen LogP contribution is -1.82. The minimum atomic E-state index is 1.37. The number of hydrogen-bond donors (Lipinski definition) is 0. The molecule has 0 aliphatic carbocycles. The Morgan fingerprint density at radius 2 is 0.154 bits per heavy atom. The minimum Gasteiger partial charge on any atom is -0.0654 e. The molecule has 0 atom stereocenters. The van der Waals surface area contributed by atoms with Crippen LogP contribution >= 0.6 is 0 Å². The molecule has 0 nitrogen and oxygen atoms in total. The third kappa shape index (κ3) is 75.0. The SMILES string of the molecule is CCCCCCCCCC.CCCCCCCCCCCC.CCCCCCCCCCCCCC.CCCCCCCCCCCCCCCC. The van der Waals surface area contributed by atoms with Gasteiger partial charge in [-0.25, -0.2) is 0 Å². The fraction of sp³-hybridized carbons (Fsp3) is 1.00. The maximum Gasteiger partial charge on any atom is -0.0533 e. The predicted molar refractivity (Wildman–Crippen MR) is 249 cm³/mol. The molecule has 0 N–H and O–H groups in total. The summed E-state index contributed by atoms with van der Waals surface area (Å²) in [5.74, 6) is 0. The van der Waals surface area contributed by atoms with Gasteiger partial charge in [-0.3, -0.25) is 0 Å². The summed E-state index contributed by atoms with van der Waals surface area (Å²) in [6.45, 7) is 18.2. The molecule has 0 radical (unpaired) electrons. The Hall–Kier alpha value is 0. The van der Waals surface area contributed by atoms with Crippen molar-refractivity contribution in [1.29, 1.82) is 0 Å². The van der Waals surface area contributed by atoms with Gasteiger partial charge in [-0.05, 0) is 0 Å². The second-order valence-corrected chi connectivity index (χ2v) is 16.7. The fourth-order valence-corrected chi connectivity index (χ4v) is 6.95. The highest BCUT2D eigenvalue weighted by atomic mass is 14.0. The van der Waals surface area contributed by atoms with Crippen LogP contribution in [-0.2, 0) is 0 Å². The van der Waals surface area contributed by atoms with Crippen molar-refractivity contribution in [1.82, 2.24) is 0 Å². The van der Waals surface area contributed by atoms with E-state index in [1.165, 1.54) is 283 Å². The molecule has 0 aromatic rings. The highest BCUT2D eigenvalue weighted by molar-refractivity contribution is 4.50. The molecule has 0 heterocycles. The van der Waals surface area contributed by atoms with Crippen LogP contribution in [0.3, 0.4) is 0 Å². The van der Waals surface area contributed by atoms with E-state index in [0.717, 1.165) is 0 Å². The van der Waals surface area contributed by atoms with Crippen molar-refractivity contribution < 1.29 is 0 Å². The van der Waals surface area contributed by atoms with Crippen molar-refractivity contribution in [2.45, 2.75) is 338 Å². The van der Waals surface area contributed by atoms with Gasteiger partial charge in [-0.15, -0.1) is 0 Å². The van der Waals surface area contributed by atoms with Crippen LogP contribution in [0.25, 0.3) is 0 Å². The number of hydrogen-bond acceptors (Lipinski definition) is 0. The largest absolute Gasteiger partial charge is 0.0654 e. The third-order valence-electron chi connectivity index (χ3n) is 10.8. The van der Waals surface area contributed by atoms with Crippen molar-refractivity contribution in [3.63, 3.8) is 0 Å². The molecule has 52 heavy (non-hydrogen) atoms. The van der Waals surface area contributed by atoms with E-state index in [-0.39, 0.29) is 0 Å². The van der Waals surface area contributed by atoms with Crippen LogP contribution in [0.4, 0.5) is 0 Å². The summed E-state index contributed by atoms with van der Waals surface area (Å²) in [6.07, 6.45) is 63.8. The first-order chi connectivity index (χ1) is 25.7. The Bertz CT molecular complexity index is 436. The lowest BCUT2D eigenvalue weighted by Gasteiger charge is -2.02. The van der Waals surface area contributed by atoms with Crippen LogP contribution in [0, 0.1) is 0 Å². The van der Waals surface area contributed by atoms with E-state index < -0.39 is 0 Å². The van der Waals surface area contributed by atoms with Crippen molar-refractivity contribution in [2.24, 2.45) is 0 Å². The second kappa shape index (κ2) is 65.9. The van der Waals surface area contributed by atoms with Gasteiger partial charge in [0.2, 0.25) is 0 Å². The first-order valence-electron chi connectivity index (χ1n) is 25.7. The summed E-state index contributed by atoms with van der Waals surface area (Å²) in [4.78, 5) is 0. The zero-order valence-electron chi connectivity index (χ0n) is 39.1. The smallest absolute Gasteiger partial charge is 0.0533 e. The van der Waals surface area contributed by atoms with Crippen LogP contribution in [0.15, 0.2) is 0 Å². The van der Waals surface area contributed by atoms with Gasteiger partial charge in [0.1, 0.15) is 0 Å². The maximum absolute atomic E-state index is 2.29. The molecule has 0 bridgehead atoms. The van der Waals surface area contributed by atoms with E-state index in [0.29, 0.717) is 0 Å². The molecule has 0 aromatic carbocycles. The summed E-state index contributed by atoms with van der Waals surface area (Å²) in [6, 6.07) is 0. The van der Waals surface area contributed by atoms with E-state index in [2.05, 4.69) is 55.4 Å². The van der Waals surface area contributed by atoms with Gasteiger partial charge in [-0.1, -0.05) is 338 Å². The highest BCUT2D eigenvalue weighted by Crippen LogP contribution is 2.14. The molecule has 0 aliphatic heterocycles. The quantitative estimate of drug-likeness (QED) is 0.0550. The monoisotopic (exact) mass is 737 g/mol. The van der Waals surface area contributed by atoms with Crippen molar-refractivity contribution in [2.75, 3.05) is 0 Å². The zero-order chi connectivity index (χ0) is 39.1. The summed E-state index contributed by atoms with van der Waals surface area (Å²) in [7, 11) is 0. The summed E-state index contributed by atoms with van der Waals surface area (Å²) in [5.41, 5.74) is 0. The Balaban J connectivity index is -0.000000300. The molecule has 0 spiro atoms. The zero-order valence-corrected chi connectivity index (χ0v) is 39.1. The predicted octanol–water partition coefficient (Wildman–Crippen LogP) is 21.3. The van der Waals surface area contributed by atoms with Crippen LogP contribution in [-0.4, -0.2) is 0 Å². The Labute approximate surface area is 336 Å². The minimum absolute atomic E-state index is 1.37. The molecular formula is C52H112. The van der Waals surface area contributed by atoms with E-state index in [1.807, 2.05) is 0 Å². The molecule has 0 aliphatic rings. The van der Waals surface area contributed by atoms with Crippen molar-refractivity contribution in [3.8, 4) is 0 Å². The van der Waals surface area contributed by atoms with Gasteiger partial charge < -0.3 is 0 Å². The third-order valence-corrected chi connectivity index (χ3v) is 10.8. The molecule has 320 valence electrons. The van der Waals surface area contributed by atoms with Gasteiger partial charge >= 0.3 is 0 Å². The van der Waals surface area contributed by atoms with E-state index >= 15 is 0 Å². The lowest BCUT2D eigenvalue weighted by molar-refractivity contribution is 0.538. The fourth-order valence-electron chi connectivity index (χ4n) is 6.95. The Morgan fingerprint density at radius 1 is 0.0962 bits per heavy atom. The van der Waals surface area contributed by atoms with Crippen LogP contribution in [0.1, 0.15) is 338 Å². The van der Waals surface area contributed by atoms with Crippen molar-refractivity contribution in [3.05, 3.63) is 0 Å². The molecule has 0 saturated heterocycles. The van der Waals surface area contributed by atoms with Crippen LogP contribution in [0.5, 0.6) is 0 Å². The molecule has 0 saturated carbocycles. The molecule has 0 heteroatoms. The maximum atomic E-state index is 2.29. The lowest BCUT2D eigenvalue weighted by atomic mass is 10.0. The average molecular weight is 737 g/mol. The highest BCUT2D eigenvalue weighted by Gasteiger charge is 1.94. The molecule has 0 unspecified atom stereocenters. The Morgan fingerprint density at radius 3 is 0.212 bits per heavy atom. The molecule has 0 aromatic heterocycles. The summed E-state index contributed by atoms with van der Waals surface area (Å²) in [5, 5.41) is 0. The first kappa shape index (κ1) is 58.7. The molecular weight excluding hydrogens is 625 g/mol. The van der Waals surface area contributed by atoms with E-state index in [4.69, 9.17) is 0 Å². The number of unbranched alkanes of at least 4 members (excludes halogenated alkanes) is 40. The Kier molecular flexibility index (Phi) is 74.3. The van der Waals surface area contributed by atoms with Gasteiger partial charge in [0.05, 0.1) is 0 Å². The van der Waals surface area contributed by atoms with E-state index in [1.54, 1.807) is 0 Å². The second-order valence-electron chi connectivity index (χ2n) is 16.7. The van der Waals surface area contributed by atoms with Gasteiger partial charge in [-0.2, -0.15) is 0 Å². The molecule has 0 amide bonds. The van der Waals surface area contributed by atoms with Gasteiger partial charge in [0.25, 0.3) is 0 Å². The van der Waals surface area contributed by atoms with E-state index in [9.17, 15) is 0 Å². The van der Waals surface area contributed by atoms with Gasteiger partial charge in [0, 0.05) is 0 Å². The summed E-state index contributed by atoms with van der Waals surface area (Å²) < 4.78 is 0. The molecule has 0 fully saturated rings. The normalized spacial score (nSPS) is 10.6. The number of rotatable bonds is 40. The standard InChI is InChI=1S/C16H34.C14H30.C12H26.C10H22/c1-3-5-7-9-11-13-15-16-14-12-10-8-6-4-2;1-3-5-7-9-11-13-14-12-10-8-6-4-2;1-3-5-7-9-11-12-10-8-6-4-2;1-3-5-7-9-10-8-6-4-2/h3-16H2,1-2H3;3-14H2,1-2H3;3-12H2,1-2H3;3-10H2,1-2H3. The average Bonchev–Trinajstić information content (AvgIpc) is 3.16. The van der Waals surface area contributed by atoms with Crippen molar-refractivity contribution >= 4 is 0 Å². The molecule has 0 rings (SSSR count). The van der Waals surface area contributed by atoms with Gasteiger partial charge in [0.15, 0.2) is 0 Å². The topological polar surface area (TPSA) is 0 Å². The van der Waals surface area contributed by atoms with Crippen LogP contribution in [0.2, 0.25) is 0 Å². The first-order valence-corrected chi connectivity index (χ1v) is 25.7. The summed E-state index contributed by atoms with van der Waals surface area (Å²) >= 11 is 0. The van der Waals surface area contributed by atoms with Crippen LogP contribution < -0.4 is 0 Å².